The molecule has 0 spiro atoms. The Bertz CT molecular complexity index is 378. The average molecular weight is 245 g/mol. The molecule has 0 aromatic carbocycles. The standard InChI is InChI=1S/C15H23N3/c1-16-12-15(13-3-2-8-17-11-13)6-9-18(10-7-15)14-4-5-14/h2-3,8,11,14,16H,4-7,9-10,12H2,1H3. The van der Waals surface area contributed by atoms with E-state index in [1.807, 2.05) is 6.20 Å². The van der Waals surface area contributed by atoms with E-state index in [1.165, 1.54) is 44.3 Å². The lowest BCUT2D eigenvalue weighted by Gasteiger charge is -2.42. The lowest BCUT2D eigenvalue weighted by molar-refractivity contribution is 0.150. The summed E-state index contributed by atoms with van der Waals surface area (Å²) in [7, 11) is 2.06. The quantitative estimate of drug-likeness (QED) is 0.876. The van der Waals surface area contributed by atoms with Gasteiger partial charge >= 0.3 is 0 Å². The molecule has 1 aliphatic heterocycles. The summed E-state index contributed by atoms with van der Waals surface area (Å²) in [6, 6.07) is 5.23. The summed E-state index contributed by atoms with van der Waals surface area (Å²) in [6.07, 6.45) is 9.30. The molecule has 0 unspecified atom stereocenters. The van der Waals surface area contributed by atoms with Crippen LogP contribution in [0.1, 0.15) is 31.2 Å². The summed E-state index contributed by atoms with van der Waals surface area (Å²) < 4.78 is 0. The molecule has 0 bridgehead atoms. The van der Waals surface area contributed by atoms with E-state index >= 15 is 0 Å². The van der Waals surface area contributed by atoms with Gasteiger partial charge in [0, 0.05) is 30.4 Å². The minimum absolute atomic E-state index is 0.300. The van der Waals surface area contributed by atoms with E-state index in [1.54, 1.807) is 0 Å². The maximum Gasteiger partial charge on any atom is 0.0306 e. The van der Waals surface area contributed by atoms with Crippen molar-refractivity contribution in [1.82, 2.24) is 15.2 Å². The van der Waals surface area contributed by atoms with Crippen molar-refractivity contribution in [2.24, 2.45) is 0 Å². The van der Waals surface area contributed by atoms with Gasteiger partial charge in [-0.05, 0) is 57.5 Å². The third kappa shape index (κ3) is 2.29. The molecule has 0 amide bonds. The van der Waals surface area contributed by atoms with Crippen molar-refractivity contribution in [1.29, 1.82) is 0 Å². The summed E-state index contributed by atoms with van der Waals surface area (Å²) >= 11 is 0. The zero-order valence-electron chi connectivity index (χ0n) is 11.2. The first-order valence-corrected chi connectivity index (χ1v) is 7.13. The number of likely N-dealkylation sites (tertiary alicyclic amines) is 1. The number of hydrogen-bond acceptors (Lipinski definition) is 3. The van der Waals surface area contributed by atoms with Gasteiger partial charge in [-0.3, -0.25) is 4.98 Å². The highest BCUT2D eigenvalue weighted by atomic mass is 15.2. The summed E-state index contributed by atoms with van der Waals surface area (Å²) in [5, 5.41) is 3.39. The van der Waals surface area contributed by atoms with Crippen LogP contribution in [0.5, 0.6) is 0 Å². The monoisotopic (exact) mass is 245 g/mol. The van der Waals surface area contributed by atoms with Crippen LogP contribution < -0.4 is 5.32 Å². The zero-order chi connectivity index (χ0) is 12.4. The third-order valence-corrected chi connectivity index (χ3v) is 4.61. The van der Waals surface area contributed by atoms with Crippen LogP contribution in [-0.4, -0.2) is 42.6 Å². The average Bonchev–Trinajstić information content (AvgIpc) is 3.25. The molecule has 2 heterocycles. The van der Waals surface area contributed by atoms with E-state index in [0.717, 1.165) is 12.6 Å². The first kappa shape index (κ1) is 12.1. The van der Waals surface area contributed by atoms with Crippen LogP contribution in [0.25, 0.3) is 0 Å². The van der Waals surface area contributed by atoms with E-state index in [0.29, 0.717) is 5.41 Å². The molecule has 3 heteroatoms. The van der Waals surface area contributed by atoms with Gasteiger partial charge in [0.15, 0.2) is 0 Å². The van der Waals surface area contributed by atoms with Gasteiger partial charge in [0.2, 0.25) is 0 Å². The van der Waals surface area contributed by atoms with Crippen molar-refractivity contribution >= 4 is 0 Å². The van der Waals surface area contributed by atoms with Crippen molar-refractivity contribution < 1.29 is 0 Å². The Labute approximate surface area is 110 Å². The molecule has 3 rings (SSSR count). The highest BCUT2D eigenvalue weighted by Crippen LogP contribution is 2.38. The lowest BCUT2D eigenvalue weighted by atomic mass is 9.73. The van der Waals surface area contributed by atoms with Gasteiger partial charge in [-0.15, -0.1) is 0 Å². The van der Waals surface area contributed by atoms with Gasteiger partial charge in [-0.1, -0.05) is 6.07 Å². The molecule has 1 saturated carbocycles. The highest BCUT2D eigenvalue weighted by molar-refractivity contribution is 5.24. The van der Waals surface area contributed by atoms with Crippen LogP contribution in [0.4, 0.5) is 0 Å². The molecule has 3 nitrogen and oxygen atoms in total. The molecular formula is C15H23N3. The second-order valence-corrected chi connectivity index (χ2v) is 5.82. The third-order valence-electron chi connectivity index (χ3n) is 4.61. The Morgan fingerprint density at radius 3 is 2.72 bits per heavy atom. The predicted molar refractivity (Wildman–Crippen MR) is 73.7 cm³/mol. The zero-order valence-corrected chi connectivity index (χ0v) is 11.2. The van der Waals surface area contributed by atoms with Crippen LogP contribution in [0.3, 0.4) is 0 Å². The van der Waals surface area contributed by atoms with Crippen molar-refractivity contribution in [3.8, 4) is 0 Å². The summed E-state index contributed by atoms with van der Waals surface area (Å²) in [5.74, 6) is 0. The second kappa shape index (κ2) is 4.98. The lowest BCUT2D eigenvalue weighted by Crippen LogP contribution is -2.48. The number of nitrogens with zero attached hydrogens (tertiary/aromatic N) is 2. The van der Waals surface area contributed by atoms with Crippen molar-refractivity contribution in [3.63, 3.8) is 0 Å². The van der Waals surface area contributed by atoms with Gasteiger partial charge in [-0.2, -0.15) is 0 Å². The minimum atomic E-state index is 0.300. The van der Waals surface area contributed by atoms with Crippen molar-refractivity contribution in [2.45, 2.75) is 37.1 Å². The first-order valence-electron chi connectivity index (χ1n) is 7.13. The number of nitrogens with one attached hydrogen (secondary N) is 1. The molecule has 1 saturated heterocycles. The molecule has 1 aliphatic carbocycles. The van der Waals surface area contributed by atoms with E-state index in [-0.39, 0.29) is 0 Å². The van der Waals surface area contributed by atoms with E-state index in [2.05, 4.69) is 40.6 Å². The Kier molecular flexibility index (Phi) is 3.35. The van der Waals surface area contributed by atoms with E-state index in [9.17, 15) is 0 Å². The number of rotatable bonds is 4. The van der Waals surface area contributed by atoms with Crippen LogP contribution in [0.2, 0.25) is 0 Å². The number of piperidine rings is 1. The molecule has 0 radical (unpaired) electrons. The Morgan fingerprint density at radius 2 is 2.17 bits per heavy atom. The minimum Gasteiger partial charge on any atom is -0.319 e. The summed E-state index contributed by atoms with van der Waals surface area (Å²) in [5.41, 5.74) is 1.71. The second-order valence-electron chi connectivity index (χ2n) is 5.82. The number of pyridine rings is 1. The van der Waals surface area contributed by atoms with Gasteiger partial charge in [0.1, 0.15) is 0 Å². The Balaban J connectivity index is 1.76. The number of likely N-dealkylation sites (N-methyl/N-ethyl adjacent to an activating group) is 1. The fourth-order valence-electron chi connectivity index (χ4n) is 3.34. The molecule has 2 fully saturated rings. The largest absolute Gasteiger partial charge is 0.319 e. The van der Waals surface area contributed by atoms with E-state index < -0.39 is 0 Å². The first-order chi connectivity index (χ1) is 8.84. The highest BCUT2D eigenvalue weighted by Gasteiger charge is 2.39. The van der Waals surface area contributed by atoms with Crippen LogP contribution in [-0.2, 0) is 5.41 Å². The van der Waals surface area contributed by atoms with Crippen molar-refractivity contribution in [3.05, 3.63) is 30.1 Å². The van der Waals surface area contributed by atoms with Gasteiger partial charge < -0.3 is 10.2 Å². The molecule has 18 heavy (non-hydrogen) atoms. The van der Waals surface area contributed by atoms with Gasteiger partial charge in [0.25, 0.3) is 0 Å². The maximum absolute atomic E-state index is 4.31. The van der Waals surface area contributed by atoms with Gasteiger partial charge in [0.05, 0.1) is 0 Å². The van der Waals surface area contributed by atoms with Crippen LogP contribution >= 0.6 is 0 Å². The van der Waals surface area contributed by atoms with Crippen LogP contribution in [0.15, 0.2) is 24.5 Å². The van der Waals surface area contributed by atoms with E-state index in [4.69, 9.17) is 0 Å². The van der Waals surface area contributed by atoms with Crippen molar-refractivity contribution in [2.75, 3.05) is 26.7 Å². The fourth-order valence-corrected chi connectivity index (χ4v) is 3.34. The number of aromatic nitrogens is 1. The topological polar surface area (TPSA) is 28.2 Å². The van der Waals surface area contributed by atoms with Gasteiger partial charge in [-0.25, -0.2) is 0 Å². The molecular weight excluding hydrogens is 222 g/mol. The van der Waals surface area contributed by atoms with Crippen LogP contribution in [0, 0.1) is 0 Å². The number of hydrogen-bond donors (Lipinski definition) is 1. The Hall–Kier alpha value is -0.930. The Morgan fingerprint density at radius 1 is 1.39 bits per heavy atom. The SMILES string of the molecule is CNCC1(c2cccnc2)CCN(C2CC2)CC1. The molecule has 1 N–H and O–H groups in total. The summed E-state index contributed by atoms with van der Waals surface area (Å²) in [4.78, 5) is 7.00. The molecule has 1 aromatic heterocycles. The normalized spacial score (nSPS) is 24.1. The smallest absolute Gasteiger partial charge is 0.0306 e. The molecule has 0 atom stereocenters. The fraction of sp³-hybridized carbons (Fsp3) is 0.667. The predicted octanol–water partition coefficient (Wildman–Crippen LogP) is 1.80. The molecule has 2 aliphatic rings. The summed E-state index contributed by atoms with van der Waals surface area (Å²) in [6.45, 7) is 3.57. The molecule has 98 valence electrons. The maximum atomic E-state index is 4.31. The molecule has 1 aromatic rings.